The highest BCUT2D eigenvalue weighted by Crippen LogP contribution is 2.19. The fourth-order valence-corrected chi connectivity index (χ4v) is 3.20. The molecule has 1 amide bonds. The van der Waals surface area contributed by atoms with Gasteiger partial charge >= 0.3 is 0 Å². The lowest BCUT2D eigenvalue weighted by Gasteiger charge is -2.34. The lowest BCUT2D eigenvalue weighted by molar-refractivity contribution is 0.0598. The largest absolute Gasteiger partial charge is 0.459 e. The molecule has 0 radical (unpaired) electrons. The number of carbonyl (C=O) groups excluding carboxylic acids is 1. The van der Waals surface area contributed by atoms with Crippen LogP contribution in [0.25, 0.3) is 10.9 Å². The summed E-state index contributed by atoms with van der Waals surface area (Å²) in [6, 6.07) is 13.8. The van der Waals surface area contributed by atoms with E-state index in [0.29, 0.717) is 5.76 Å². The average molecular weight is 321 g/mol. The molecule has 1 aromatic carbocycles. The molecule has 1 aliphatic heterocycles. The van der Waals surface area contributed by atoms with Crippen LogP contribution < -0.4 is 0 Å². The number of hydrogen-bond acceptors (Lipinski definition) is 4. The molecule has 0 N–H and O–H groups in total. The molecule has 4 rings (SSSR count). The highest BCUT2D eigenvalue weighted by molar-refractivity contribution is 5.91. The van der Waals surface area contributed by atoms with Crippen LogP contribution in [0.1, 0.15) is 16.1 Å². The maximum atomic E-state index is 12.3. The van der Waals surface area contributed by atoms with Crippen molar-refractivity contribution in [1.82, 2.24) is 14.8 Å². The lowest BCUT2D eigenvalue weighted by Crippen LogP contribution is -2.48. The van der Waals surface area contributed by atoms with Crippen LogP contribution in [0.3, 0.4) is 0 Å². The molecule has 0 saturated carbocycles. The van der Waals surface area contributed by atoms with E-state index >= 15 is 0 Å². The summed E-state index contributed by atoms with van der Waals surface area (Å²) < 4.78 is 5.21. The van der Waals surface area contributed by atoms with Crippen molar-refractivity contribution in [3.63, 3.8) is 0 Å². The first kappa shape index (κ1) is 14.9. The molecule has 0 atom stereocenters. The van der Waals surface area contributed by atoms with Crippen molar-refractivity contribution in [2.75, 3.05) is 26.2 Å². The fraction of sp³-hybridized carbons (Fsp3) is 0.263. The zero-order chi connectivity index (χ0) is 16.4. The van der Waals surface area contributed by atoms with E-state index in [0.717, 1.165) is 38.2 Å². The summed E-state index contributed by atoms with van der Waals surface area (Å²) in [6.45, 7) is 4.01. The fourth-order valence-electron chi connectivity index (χ4n) is 3.20. The van der Waals surface area contributed by atoms with Gasteiger partial charge in [-0.2, -0.15) is 0 Å². The number of hydrogen-bond donors (Lipinski definition) is 0. The van der Waals surface area contributed by atoms with Gasteiger partial charge in [0.05, 0.1) is 11.8 Å². The van der Waals surface area contributed by atoms with Gasteiger partial charge in [0.2, 0.25) is 0 Å². The molecule has 0 spiro atoms. The number of fused-ring (bicyclic) bond motifs is 1. The SMILES string of the molecule is O=C(c1ccco1)N1CCN(Cc2cccc3cccnc23)CC1. The third-order valence-electron chi connectivity index (χ3n) is 4.50. The van der Waals surface area contributed by atoms with Crippen LogP contribution in [-0.4, -0.2) is 46.9 Å². The molecule has 0 unspecified atom stereocenters. The monoisotopic (exact) mass is 321 g/mol. The van der Waals surface area contributed by atoms with Crippen molar-refractivity contribution < 1.29 is 9.21 Å². The van der Waals surface area contributed by atoms with Crippen LogP contribution in [0, 0.1) is 0 Å². The Morgan fingerprint density at radius 3 is 2.67 bits per heavy atom. The molecule has 2 aromatic heterocycles. The van der Waals surface area contributed by atoms with Crippen LogP contribution >= 0.6 is 0 Å². The van der Waals surface area contributed by atoms with Crippen molar-refractivity contribution in [2.45, 2.75) is 6.54 Å². The van der Waals surface area contributed by atoms with Gasteiger partial charge in [0.15, 0.2) is 5.76 Å². The van der Waals surface area contributed by atoms with E-state index in [1.165, 1.54) is 17.2 Å². The Morgan fingerprint density at radius 1 is 1.04 bits per heavy atom. The molecule has 1 aliphatic rings. The number of para-hydroxylation sites is 1. The predicted molar refractivity (Wildman–Crippen MR) is 91.6 cm³/mol. The van der Waals surface area contributed by atoms with Crippen molar-refractivity contribution in [3.05, 3.63) is 66.2 Å². The summed E-state index contributed by atoms with van der Waals surface area (Å²) in [4.78, 5) is 21.1. The molecule has 1 saturated heterocycles. The van der Waals surface area contributed by atoms with E-state index in [4.69, 9.17) is 4.42 Å². The van der Waals surface area contributed by atoms with Gasteiger partial charge in [0.25, 0.3) is 5.91 Å². The lowest BCUT2D eigenvalue weighted by atomic mass is 10.1. The smallest absolute Gasteiger partial charge is 0.289 e. The van der Waals surface area contributed by atoms with Crippen LogP contribution in [0.4, 0.5) is 0 Å². The quantitative estimate of drug-likeness (QED) is 0.744. The van der Waals surface area contributed by atoms with Gasteiger partial charge in [-0.3, -0.25) is 14.7 Å². The summed E-state index contributed by atoms with van der Waals surface area (Å²) in [6.07, 6.45) is 3.38. The number of pyridine rings is 1. The molecule has 5 heteroatoms. The van der Waals surface area contributed by atoms with Crippen molar-refractivity contribution >= 4 is 16.8 Å². The first-order chi connectivity index (χ1) is 11.8. The van der Waals surface area contributed by atoms with Crippen molar-refractivity contribution in [3.8, 4) is 0 Å². The van der Waals surface area contributed by atoms with Gasteiger partial charge in [0, 0.05) is 44.3 Å². The van der Waals surface area contributed by atoms with Gasteiger partial charge in [-0.1, -0.05) is 24.3 Å². The molecular weight excluding hydrogens is 302 g/mol. The number of carbonyl (C=O) groups is 1. The van der Waals surface area contributed by atoms with Gasteiger partial charge < -0.3 is 9.32 Å². The Balaban J connectivity index is 1.42. The second kappa shape index (κ2) is 6.45. The van der Waals surface area contributed by atoms with Crippen LogP contribution in [0.15, 0.2) is 59.3 Å². The molecule has 5 nitrogen and oxygen atoms in total. The Morgan fingerprint density at radius 2 is 1.88 bits per heavy atom. The minimum absolute atomic E-state index is 0.0218. The molecule has 24 heavy (non-hydrogen) atoms. The Hall–Kier alpha value is -2.66. The first-order valence-electron chi connectivity index (χ1n) is 8.19. The summed E-state index contributed by atoms with van der Waals surface area (Å²) in [5, 5.41) is 1.17. The maximum absolute atomic E-state index is 12.3. The summed E-state index contributed by atoms with van der Waals surface area (Å²) >= 11 is 0. The standard InChI is InChI=1S/C19H19N3O2/c23-19(17-7-3-13-24-17)22-11-9-21(10-12-22)14-16-5-1-4-15-6-2-8-20-18(15)16/h1-8,13H,9-12,14H2. The zero-order valence-electron chi connectivity index (χ0n) is 13.4. The molecule has 0 aliphatic carbocycles. The highest BCUT2D eigenvalue weighted by atomic mass is 16.3. The maximum Gasteiger partial charge on any atom is 0.289 e. The zero-order valence-corrected chi connectivity index (χ0v) is 13.4. The molecule has 3 heterocycles. The van der Waals surface area contributed by atoms with Gasteiger partial charge in [-0.25, -0.2) is 0 Å². The minimum atomic E-state index is -0.0218. The van der Waals surface area contributed by atoms with Crippen molar-refractivity contribution in [2.24, 2.45) is 0 Å². The first-order valence-corrected chi connectivity index (χ1v) is 8.19. The van der Waals surface area contributed by atoms with E-state index < -0.39 is 0 Å². The second-order valence-electron chi connectivity index (χ2n) is 6.04. The number of nitrogens with zero attached hydrogens (tertiary/aromatic N) is 3. The second-order valence-corrected chi connectivity index (χ2v) is 6.04. The molecular formula is C19H19N3O2. The normalized spacial score (nSPS) is 15.8. The summed E-state index contributed by atoms with van der Waals surface area (Å²) in [7, 11) is 0. The number of furan rings is 1. The predicted octanol–water partition coefficient (Wildman–Crippen LogP) is 2.79. The average Bonchev–Trinajstić information content (AvgIpc) is 3.17. The van der Waals surface area contributed by atoms with E-state index in [2.05, 4.69) is 34.1 Å². The third-order valence-corrected chi connectivity index (χ3v) is 4.50. The summed E-state index contributed by atoms with van der Waals surface area (Å²) in [5.74, 6) is 0.396. The Bertz CT molecular complexity index is 831. The number of rotatable bonds is 3. The van der Waals surface area contributed by atoms with Gasteiger partial charge in [-0.15, -0.1) is 0 Å². The topological polar surface area (TPSA) is 49.6 Å². The van der Waals surface area contributed by atoms with E-state index in [9.17, 15) is 4.79 Å². The van der Waals surface area contributed by atoms with Gasteiger partial charge in [0.1, 0.15) is 0 Å². The highest BCUT2D eigenvalue weighted by Gasteiger charge is 2.23. The van der Waals surface area contributed by atoms with E-state index in [-0.39, 0.29) is 5.91 Å². The molecule has 1 fully saturated rings. The number of benzene rings is 1. The van der Waals surface area contributed by atoms with E-state index in [1.807, 2.05) is 17.2 Å². The number of piperazine rings is 1. The Labute approximate surface area is 140 Å². The van der Waals surface area contributed by atoms with Crippen LogP contribution in [0.2, 0.25) is 0 Å². The molecule has 122 valence electrons. The number of aromatic nitrogens is 1. The number of amides is 1. The summed E-state index contributed by atoms with van der Waals surface area (Å²) in [5.41, 5.74) is 2.30. The van der Waals surface area contributed by atoms with Gasteiger partial charge in [-0.05, 0) is 23.8 Å². The minimum Gasteiger partial charge on any atom is -0.459 e. The molecule has 0 bridgehead atoms. The molecule has 3 aromatic rings. The van der Waals surface area contributed by atoms with Crippen LogP contribution in [-0.2, 0) is 6.54 Å². The van der Waals surface area contributed by atoms with E-state index in [1.54, 1.807) is 12.1 Å². The van der Waals surface area contributed by atoms with Crippen molar-refractivity contribution in [1.29, 1.82) is 0 Å². The van der Waals surface area contributed by atoms with Crippen LogP contribution in [0.5, 0.6) is 0 Å². The Kier molecular flexibility index (Phi) is 4.01. The third kappa shape index (κ3) is 2.90.